The van der Waals surface area contributed by atoms with E-state index in [1.54, 1.807) is 0 Å². The van der Waals surface area contributed by atoms with Gasteiger partial charge in [0.1, 0.15) is 11.6 Å². The zero-order valence-electron chi connectivity index (χ0n) is 6.85. The topological polar surface area (TPSA) is 80.9 Å². The van der Waals surface area contributed by atoms with E-state index < -0.39 is 36.8 Å². The Kier molecular flexibility index (Phi) is 3.22. The molecule has 0 amide bonds. The van der Waals surface area contributed by atoms with Gasteiger partial charge in [-0.1, -0.05) is 0 Å². The van der Waals surface area contributed by atoms with E-state index in [4.69, 9.17) is 20.1 Å². The zero-order chi connectivity index (χ0) is 10.9. The molecule has 0 spiro atoms. The second-order valence-corrected chi connectivity index (χ2v) is 2.65. The zero-order valence-corrected chi connectivity index (χ0v) is 6.85. The molecule has 0 saturated carbocycles. The van der Waals surface area contributed by atoms with Crippen LogP contribution in [0, 0.1) is 11.6 Å². The van der Waals surface area contributed by atoms with Gasteiger partial charge in [0.15, 0.2) is 0 Å². The maximum absolute atomic E-state index is 13.1. The molecular formula is C6H6B2F2O4. The summed E-state index contributed by atoms with van der Waals surface area (Å²) in [7, 11) is -4.41. The van der Waals surface area contributed by atoms with Gasteiger partial charge in [0.25, 0.3) is 0 Å². The largest absolute Gasteiger partial charge is 0.491 e. The summed E-state index contributed by atoms with van der Waals surface area (Å²) in [5.74, 6) is -2.24. The molecule has 0 bridgehead atoms. The van der Waals surface area contributed by atoms with E-state index in [9.17, 15) is 8.78 Å². The van der Waals surface area contributed by atoms with Gasteiger partial charge < -0.3 is 20.1 Å². The van der Waals surface area contributed by atoms with E-state index in [1.807, 2.05) is 0 Å². The first-order valence-corrected chi connectivity index (χ1v) is 3.64. The molecule has 0 radical (unpaired) electrons. The first kappa shape index (κ1) is 11.1. The molecule has 4 nitrogen and oxygen atoms in total. The Morgan fingerprint density at radius 1 is 0.857 bits per heavy atom. The lowest BCUT2D eigenvalue weighted by atomic mass is 9.72. The van der Waals surface area contributed by atoms with Crippen LogP contribution < -0.4 is 10.9 Å². The van der Waals surface area contributed by atoms with Gasteiger partial charge >= 0.3 is 14.2 Å². The van der Waals surface area contributed by atoms with Gasteiger partial charge in [-0.05, 0) is 12.1 Å². The minimum atomic E-state index is -2.21. The standard InChI is InChI=1S/C6H6B2F2O4/c9-3-1-4(7(11)12)6(10)5(2-3)8(13)14/h1-2,11-14H. The fourth-order valence-corrected chi connectivity index (χ4v) is 1.01. The molecule has 1 aromatic carbocycles. The lowest BCUT2D eigenvalue weighted by molar-refractivity contribution is 0.419. The van der Waals surface area contributed by atoms with Crippen LogP contribution in [0.4, 0.5) is 8.78 Å². The predicted octanol–water partition coefficient (Wildman–Crippen LogP) is -2.68. The van der Waals surface area contributed by atoms with E-state index in [-0.39, 0.29) is 0 Å². The molecule has 1 aromatic rings. The molecule has 0 atom stereocenters. The summed E-state index contributed by atoms with van der Waals surface area (Å²) in [5, 5.41) is 34.5. The average Bonchev–Trinajstić information content (AvgIpc) is 2.07. The molecule has 0 unspecified atom stereocenters. The Bertz CT molecular complexity index is 316. The summed E-state index contributed by atoms with van der Waals surface area (Å²) in [6, 6.07) is 1.12. The van der Waals surface area contributed by atoms with Crippen molar-refractivity contribution < 1.29 is 28.9 Å². The molecule has 0 saturated heterocycles. The van der Waals surface area contributed by atoms with Gasteiger partial charge in [-0.2, -0.15) is 0 Å². The lowest BCUT2D eigenvalue weighted by Gasteiger charge is -2.07. The summed E-state index contributed by atoms with van der Waals surface area (Å²) in [6.07, 6.45) is 0. The van der Waals surface area contributed by atoms with Gasteiger partial charge in [-0.25, -0.2) is 8.78 Å². The van der Waals surface area contributed by atoms with Gasteiger partial charge in [0.05, 0.1) is 0 Å². The minimum absolute atomic E-state index is 0.561. The third-order valence-corrected chi connectivity index (χ3v) is 1.65. The van der Waals surface area contributed by atoms with E-state index in [0.717, 1.165) is 0 Å². The van der Waals surface area contributed by atoms with Crippen molar-refractivity contribution in [3.05, 3.63) is 23.8 Å². The van der Waals surface area contributed by atoms with Crippen molar-refractivity contribution in [1.82, 2.24) is 0 Å². The molecule has 0 aliphatic heterocycles. The number of hydrogen-bond donors (Lipinski definition) is 4. The van der Waals surface area contributed by atoms with Crippen molar-refractivity contribution in [2.24, 2.45) is 0 Å². The maximum atomic E-state index is 13.1. The van der Waals surface area contributed by atoms with Crippen LogP contribution in [0.15, 0.2) is 12.1 Å². The van der Waals surface area contributed by atoms with Crippen molar-refractivity contribution in [2.75, 3.05) is 0 Å². The second-order valence-electron chi connectivity index (χ2n) is 2.65. The van der Waals surface area contributed by atoms with Crippen LogP contribution in [0.25, 0.3) is 0 Å². The molecule has 0 heterocycles. The van der Waals surface area contributed by atoms with Gasteiger partial charge in [0.2, 0.25) is 0 Å². The normalized spacial score (nSPS) is 10.1. The SMILES string of the molecule is OB(O)c1cc(F)cc(B(O)O)c1F. The van der Waals surface area contributed by atoms with Crippen LogP contribution in [-0.4, -0.2) is 34.3 Å². The fourth-order valence-electron chi connectivity index (χ4n) is 1.01. The molecule has 0 aliphatic carbocycles. The van der Waals surface area contributed by atoms with Gasteiger partial charge in [-0.3, -0.25) is 0 Å². The predicted molar refractivity (Wildman–Crippen MR) is 46.0 cm³/mol. The van der Waals surface area contributed by atoms with Gasteiger partial charge in [-0.15, -0.1) is 0 Å². The monoisotopic (exact) mass is 202 g/mol. The van der Waals surface area contributed by atoms with E-state index >= 15 is 0 Å². The Hall–Kier alpha value is -0.950. The van der Waals surface area contributed by atoms with Crippen molar-refractivity contribution in [3.63, 3.8) is 0 Å². The summed E-state index contributed by atoms with van der Waals surface area (Å²) < 4.78 is 25.9. The van der Waals surface area contributed by atoms with Crippen molar-refractivity contribution in [1.29, 1.82) is 0 Å². The molecule has 14 heavy (non-hydrogen) atoms. The quantitative estimate of drug-likeness (QED) is 0.394. The Morgan fingerprint density at radius 3 is 1.50 bits per heavy atom. The Labute approximate surface area is 78.7 Å². The second kappa shape index (κ2) is 4.05. The van der Waals surface area contributed by atoms with E-state index in [1.165, 1.54) is 0 Å². The third-order valence-electron chi connectivity index (χ3n) is 1.65. The summed E-state index contributed by atoms with van der Waals surface area (Å²) in [5.41, 5.74) is -1.48. The highest BCUT2D eigenvalue weighted by molar-refractivity contribution is 6.62. The summed E-state index contributed by atoms with van der Waals surface area (Å²) in [6.45, 7) is 0. The number of benzene rings is 1. The molecular weight excluding hydrogens is 196 g/mol. The molecule has 0 aliphatic rings. The third kappa shape index (κ3) is 2.10. The molecule has 74 valence electrons. The highest BCUT2D eigenvalue weighted by Gasteiger charge is 2.25. The van der Waals surface area contributed by atoms with Crippen LogP contribution in [0.1, 0.15) is 0 Å². The lowest BCUT2D eigenvalue weighted by Crippen LogP contribution is -2.43. The number of halogens is 2. The summed E-state index contributed by atoms with van der Waals surface area (Å²) in [4.78, 5) is 0. The Morgan fingerprint density at radius 2 is 1.21 bits per heavy atom. The van der Waals surface area contributed by atoms with Crippen molar-refractivity contribution in [3.8, 4) is 0 Å². The molecule has 0 aromatic heterocycles. The van der Waals surface area contributed by atoms with Crippen LogP contribution in [0.3, 0.4) is 0 Å². The van der Waals surface area contributed by atoms with Gasteiger partial charge in [0, 0.05) is 10.9 Å². The van der Waals surface area contributed by atoms with Crippen LogP contribution in [-0.2, 0) is 0 Å². The van der Waals surface area contributed by atoms with Crippen LogP contribution in [0.5, 0.6) is 0 Å². The molecule has 1 rings (SSSR count). The van der Waals surface area contributed by atoms with Crippen molar-refractivity contribution >= 4 is 25.2 Å². The van der Waals surface area contributed by atoms with Crippen LogP contribution >= 0.6 is 0 Å². The number of rotatable bonds is 2. The first-order chi connectivity index (χ1) is 6.43. The molecule has 4 N–H and O–H groups in total. The summed E-state index contributed by atoms with van der Waals surface area (Å²) >= 11 is 0. The smallest absolute Gasteiger partial charge is 0.423 e. The molecule has 8 heteroatoms. The van der Waals surface area contributed by atoms with Crippen molar-refractivity contribution in [2.45, 2.75) is 0 Å². The van der Waals surface area contributed by atoms with E-state index in [0.29, 0.717) is 12.1 Å². The Balaban J connectivity index is 3.32. The average molecular weight is 202 g/mol. The van der Waals surface area contributed by atoms with Crippen LogP contribution in [0.2, 0.25) is 0 Å². The number of hydrogen-bond acceptors (Lipinski definition) is 4. The highest BCUT2D eigenvalue weighted by atomic mass is 19.1. The first-order valence-electron chi connectivity index (χ1n) is 3.64. The molecule has 0 fully saturated rings. The van der Waals surface area contributed by atoms with E-state index in [2.05, 4.69) is 0 Å². The minimum Gasteiger partial charge on any atom is -0.423 e. The maximum Gasteiger partial charge on any atom is 0.491 e. The fraction of sp³-hybridized carbons (Fsp3) is 0. The highest BCUT2D eigenvalue weighted by Crippen LogP contribution is 1.98.